The van der Waals surface area contributed by atoms with E-state index in [0.29, 0.717) is 6.54 Å². The van der Waals surface area contributed by atoms with E-state index in [-0.39, 0.29) is 17.9 Å². The largest absolute Gasteiger partial charge is 0.350 e. The number of aromatic nitrogens is 2. The first-order chi connectivity index (χ1) is 9.59. The Labute approximate surface area is 118 Å². The molecule has 0 saturated carbocycles. The summed E-state index contributed by atoms with van der Waals surface area (Å²) < 4.78 is 1.74. The number of nitrogens with one attached hydrogen (secondary N) is 1. The van der Waals surface area contributed by atoms with Gasteiger partial charge < -0.3 is 11.1 Å². The highest BCUT2D eigenvalue weighted by atomic mass is 16.1. The summed E-state index contributed by atoms with van der Waals surface area (Å²) in [4.78, 5) is 12.1. The summed E-state index contributed by atoms with van der Waals surface area (Å²) in [5.74, 6) is -0.340. The molecule has 106 valence electrons. The highest BCUT2D eigenvalue weighted by Gasteiger charge is 2.21. The summed E-state index contributed by atoms with van der Waals surface area (Å²) in [7, 11) is 1.85. The Morgan fingerprint density at radius 3 is 2.65 bits per heavy atom. The monoisotopic (exact) mass is 272 g/mol. The van der Waals surface area contributed by atoms with Crippen molar-refractivity contribution in [2.45, 2.75) is 19.5 Å². The number of carbonyl (C=O) groups excluding carboxylic acids is 1. The molecular formula is C15H20N4O. The van der Waals surface area contributed by atoms with Crippen LogP contribution in [0.15, 0.2) is 42.6 Å². The Morgan fingerprint density at radius 1 is 1.35 bits per heavy atom. The smallest absolute Gasteiger partial charge is 0.225 e. The van der Waals surface area contributed by atoms with E-state index < -0.39 is 0 Å². The lowest BCUT2D eigenvalue weighted by Crippen LogP contribution is -2.35. The Bertz CT molecular complexity index is 564. The Hall–Kier alpha value is -2.14. The molecule has 0 fully saturated rings. The van der Waals surface area contributed by atoms with E-state index in [1.807, 2.05) is 50.4 Å². The molecule has 1 aromatic heterocycles. The zero-order valence-corrected chi connectivity index (χ0v) is 11.8. The van der Waals surface area contributed by atoms with Crippen molar-refractivity contribution in [1.29, 1.82) is 0 Å². The van der Waals surface area contributed by atoms with Crippen LogP contribution in [0.5, 0.6) is 0 Å². The number of aryl methyl sites for hydroxylation is 1. The SMILES string of the molecule is CC(C(=O)NCc1ccnn1C)C(N)c1ccccc1. The van der Waals surface area contributed by atoms with Crippen LogP contribution in [-0.2, 0) is 18.4 Å². The molecule has 1 amide bonds. The van der Waals surface area contributed by atoms with Crippen LogP contribution >= 0.6 is 0 Å². The van der Waals surface area contributed by atoms with Crippen molar-refractivity contribution in [1.82, 2.24) is 15.1 Å². The molecule has 0 saturated heterocycles. The van der Waals surface area contributed by atoms with Crippen LogP contribution in [0, 0.1) is 5.92 Å². The molecule has 1 heterocycles. The fourth-order valence-corrected chi connectivity index (χ4v) is 2.04. The molecule has 0 bridgehead atoms. The molecule has 0 spiro atoms. The van der Waals surface area contributed by atoms with Gasteiger partial charge in [-0.2, -0.15) is 5.10 Å². The van der Waals surface area contributed by atoms with Gasteiger partial charge in [0.1, 0.15) is 0 Å². The first-order valence-corrected chi connectivity index (χ1v) is 6.64. The zero-order chi connectivity index (χ0) is 14.5. The van der Waals surface area contributed by atoms with Crippen LogP contribution in [-0.4, -0.2) is 15.7 Å². The molecule has 0 aliphatic carbocycles. The zero-order valence-electron chi connectivity index (χ0n) is 11.8. The molecule has 2 unspecified atom stereocenters. The lowest BCUT2D eigenvalue weighted by Gasteiger charge is -2.19. The number of rotatable bonds is 5. The fraction of sp³-hybridized carbons (Fsp3) is 0.333. The molecule has 0 aliphatic heterocycles. The Morgan fingerprint density at radius 2 is 2.05 bits per heavy atom. The molecular weight excluding hydrogens is 252 g/mol. The highest BCUT2D eigenvalue weighted by molar-refractivity contribution is 5.79. The van der Waals surface area contributed by atoms with Crippen LogP contribution in [0.2, 0.25) is 0 Å². The van der Waals surface area contributed by atoms with Gasteiger partial charge in [-0.05, 0) is 11.6 Å². The molecule has 0 aliphatic rings. The van der Waals surface area contributed by atoms with E-state index in [9.17, 15) is 4.79 Å². The van der Waals surface area contributed by atoms with Gasteiger partial charge in [0.2, 0.25) is 5.91 Å². The van der Waals surface area contributed by atoms with Crippen molar-refractivity contribution in [3.63, 3.8) is 0 Å². The Kier molecular flexibility index (Phi) is 4.53. The van der Waals surface area contributed by atoms with Gasteiger partial charge in [-0.3, -0.25) is 9.48 Å². The van der Waals surface area contributed by atoms with Gasteiger partial charge in [0.05, 0.1) is 18.2 Å². The topological polar surface area (TPSA) is 72.9 Å². The lowest BCUT2D eigenvalue weighted by atomic mass is 9.95. The quantitative estimate of drug-likeness (QED) is 0.863. The molecule has 0 radical (unpaired) electrons. The van der Waals surface area contributed by atoms with Crippen LogP contribution in [0.1, 0.15) is 24.2 Å². The second kappa shape index (κ2) is 6.34. The van der Waals surface area contributed by atoms with Crippen LogP contribution in [0.3, 0.4) is 0 Å². The first kappa shape index (κ1) is 14.3. The van der Waals surface area contributed by atoms with Crippen molar-refractivity contribution < 1.29 is 4.79 Å². The number of amides is 1. The summed E-state index contributed by atoms with van der Waals surface area (Å²) in [6.07, 6.45) is 1.71. The summed E-state index contributed by atoms with van der Waals surface area (Å²) >= 11 is 0. The number of carbonyl (C=O) groups is 1. The normalized spacial score (nSPS) is 13.8. The van der Waals surface area contributed by atoms with Gasteiger partial charge >= 0.3 is 0 Å². The van der Waals surface area contributed by atoms with Crippen molar-refractivity contribution >= 4 is 5.91 Å². The van der Waals surface area contributed by atoms with E-state index >= 15 is 0 Å². The van der Waals surface area contributed by atoms with E-state index in [1.54, 1.807) is 10.9 Å². The van der Waals surface area contributed by atoms with E-state index in [2.05, 4.69) is 10.4 Å². The van der Waals surface area contributed by atoms with Gasteiger partial charge in [-0.25, -0.2) is 0 Å². The van der Waals surface area contributed by atoms with Gasteiger partial charge in [-0.15, -0.1) is 0 Å². The fourth-order valence-electron chi connectivity index (χ4n) is 2.04. The van der Waals surface area contributed by atoms with E-state index in [4.69, 9.17) is 5.73 Å². The minimum Gasteiger partial charge on any atom is -0.350 e. The highest BCUT2D eigenvalue weighted by Crippen LogP contribution is 2.19. The van der Waals surface area contributed by atoms with Crippen LogP contribution in [0.25, 0.3) is 0 Å². The van der Waals surface area contributed by atoms with Crippen LogP contribution < -0.4 is 11.1 Å². The summed E-state index contributed by atoms with van der Waals surface area (Å²) in [6, 6.07) is 11.2. The maximum Gasteiger partial charge on any atom is 0.225 e. The van der Waals surface area contributed by atoms with Crippen molar-refractivity contribution in [2.24, 2.45) is 18.7 Å². The molecule has 5 heteroatoms. The molecule has 2 atom stereocenters. The average Bonchev–Trinajstić information content (AvgIpc) is 2.89. The second-order valence-electron chi connectivity index (χ2n) is 4.89. The van der Waals surface area contributed by atoms with E-state index in [1.165, 1.54) is 0 Å². The molecule has 1 aromatic carbocycles. The summed E-state index contributed by atoms with van der Waals surface area (Å²) in [5.41, 5.74) is 8.07. The van der Waals surface area contributed by atoms with Crippen LogP contribution in [0.4, 0.5) is 0 Å². The molecule has 3 N–H and O–H groups in total. The first-order valence-electron chi connectivity index (χ1n) is 6.64. The predicted molar refractivity (Wildman–Crippen MR) is 77.6 cm³/mol. The third-order valence-electron chi connectivity index (χ3n) is 3.50. The number of hydrogen-bond acceptors (Lipinski definition) is 3. The molecule has 5 nitrogen and oxygen atoms in total. The number of hydrogen-bond donors (Lipinski definition) is 2. The molecule has 20 heavy (non-hydrogen) atoms. The molecule has 2 aromatic rings. The Balaban J connectivity index is 1.93. The van der Waals surface area contributed by atoms with Gasteiger partial charge in [-0.1, -0.05) is 37.3 Å². The van der Waals surface area contributed by atoms with Gasteiger partial charge in [0, 0.05) is 19.3 Å². The second-order valence-corrected chi connectivity index (χ2v) is 4.89. The number of nitrogens with zero attached hydrogens (tertiary/aromatic N) is 2. The maximum atomic E-state index is 12.1. The van der Waals surface area contributed by atoms with Gasteiger partial charge in [0.25, 0.3) is 0 Å². The van der Waals surface area contributed by atoms with Gasteiger partial charge in [0.15, 0.2) is 0 Å². The van der Waals surface area contributed by atoms with Crippen molar-refractivity contribution in [2.75, 3.05) is 0 Å². The predicted octanol–water partition coefficient (Wildman–Crippen LogP) is 1.37. The average molecular weight is 272 g/mol. The third kappa shape index (κ3) is 3.24. The van der Waals surface area contributed by atoms with E-state index in [0.717, 1.165) is 11.3 Å². The standard InChI is InChI=1S/C15H20N4O/c1-11(14(16)12-6-4-3-5-7-12)15(20)17-10-13-8-9-18-19(13)2/h3-9,11,14H,10,16H2,1-2H3,(H,17,20). The molecule has 2 rings (SSSR count). The minimum absolute atomic E-state index is 0.0532. The maximum absolute atomic E-state index is 12.1. The number of nitrogens with two attached hydrogens (primary N) is 1. The van der Waals surface area contributed by atoms with Crippen molar-refractivity contribution in [3.8, 4) is 0 Å². The summed E-state index contributed by atoms with van der Waals surface area (Å²) in [5, 5.41) is 6.96. The lowest BCUT2D eigenvalue weighted by molar-refractivity contribution is -0.125. The number of benzene rings is 1. The minimum atomic E-state index is -0.303. The summed E-state index contributed by atoms with van der Waals surface area (Å²) in [6.45, 7) is 2.30. The third-order valence-corrected chi connectivity index (χ3v) is 3.50. The van der Waals surface area contributed by atoms with Crippen molar-refractivity contribution in [3.05, 3.63) is 53.9 Å².